The number of nitrogens with one attached hydrogen (secondary N) is 1. The highest BCUT2D eigenvalue weighted by molar-refractivity contribution is 6.31. The maximum absolute atomic E-state index is 12.2. The van der Waals surface area contributed by atoms with Crippen molar-refractivity contribution in [1.82, 2.24) is 10.3 Å². The zero-order valence-corrected chi connectivity index (χ0v) is 14.8. The minimum atomic E-state index is -0.346. The monoisotopic (exact) mass is 372 g/mol. The number of rotatable bonds is 7. The standard InChI is InChI=1S/C19H17ClN2O4/c1-24-14-6-4-7-15(9-14)25-12-18-22-17(11-26-18)19(23)21-10-13-5-2-3-8-16(13)20/h2-9,11H,10,12H2,1H3,(H,21,23). The van der Waals surface area contributed by atoms with Gasteiger partial charge in [-0.05, 0) is 23.8 Å². The summed E-state index contributed by atoms with van der Waals surface area (Å²) in [6, 6.07) is 14.5. The highest BCUT2D eigenvalue weighted by atomic mass is 35.5. The van der Waals surface area contributed by atoms with E-state index >= 15 is 0 Å². The lowest BCUT2D eigenvalue weighted by Gasteiger charge is -2.05. The number of hydrogen-bond donors (Lipinski definition) is 1. The van der Waals surface area contributed by atoms with Crippen LogP contribution in [0.4, 0.5) is 0 Å². The van der Waals surface area contributed by atoms with Crippen molar-refractivity contribution < 1.29 is 18.7 Å². The van der Waals surface area contributed by atoms with Crippen molar-refractivity contribution in [2.24, 2.45) is 0 Å². The third-order valence-electron chi connectivity index (χ3n) is 3.59. The molecule has 1 N–H and O–H groups in total. The zero-order valence-electron chi connectivity index (χ0n) is 14.1. The molecule has 134 valence electrons. The Kier molecular flexibility index (Phi) is 5.76. The molecule has 0 bridgehead atoms. The molecule has 0 aliphatic heterocycles. The van der Waals surface area contributed by atoms with Gasteiger partial charge in [0.05, 0.1) is 7.11 Å². The van der Waals surface area contributed by atoms with Gasteiger partial charge >= 0.3 is 0 Å². The van der Waals surface area contributed by atoms with Gasteiger partial charge in [-0.2, -0.15) is 0 Å². The molecule has 2 aromatic carbocycles. The largest absolute Gasteiger partial charge is 0.497 e. The van der Waals surface area contributed by atoms with E-state index in [0.717, 1.165) is 5.56 Å². The smallest absolute Gasteiger partial charge is 0.273 e. The topological polar surface area (TPSA) is 73.6 Å². The van der Waals surface area contributed by atoms with Crippen LogP contribution in [-0.4, -0.2) is 18.0 Å². The van der Waals surface area contributed by atoms with Crippen LogP contribution in [0, 0.1) is 0 Å². The van der Waals surface area contributed by atoms with Gasteiger partial charge in [0.2, 0.25) is 5.89 Å². The molecule has 0 spiro atoms. The van der Waals surface area contributed by atoms with E-state index in [4.69, 9.17) is 25.5 Å². The Morgan fingerprint density at radius 1 is 1.19 bits per heavy atom. The number of ether oxygens (including phenoxy) is 2. The van der Waals surface area contributed by atoms with Crippen LogP contribution in [0.2, 0.25) is 5.02 Å². The summed E-state index contributed by atoms with van der Waals surface area (Å²) in [7, 11) is 1.58. The molecule has 0 unspecified atom stereocenters. The van der Waals surface area contributed by atoms with Crippen LogP contribution in [0.1, 0.15) is 21.9 Å². The Morgan fingerprint density at radius 2 is 2.00 bits per heavy atom. The number of carbonyl (C=O) groups is 1. The van der Waals surface area contributed by atoms with E-state index in [-0.39, 0.29) is 18.2 Å². The van der Waals surface area contributed by atoms with Crippen molar-refractivity contribution >= 4 is 17.5 Å². The first kappa shape index (κ1) is 17.8. The molecule has 0 saturated heterocycles. The molecule has 0 atom stereocenters. The van der Waals surface area contributed by atoms with E-state index in [1.807, 2.05) is 30.3 Å². The average molecular weight is 373 g/mol. The Bertz CT molecular complexity index is 895. The normalized spacial score (nSPS) is 10.4. The summed E-state index contributed by atoms with van der Waals surface area (Å²) in [5, 5.41) is 3.35. The summed E-state index contributed by atoms with van der Waals surface area (Å²) in [5.74, 6) is 1.26. The van der Waals surface area contributed by atoms with Crippen molar-refractivity contribution in [2.45, 2.75) is 13.2 Å². The van der Waals surface area contributed by atoms with Crippen molar-refractivity contribution in [3.63, 3.8) is 0 Å². The number of nitrogens with zero attached hydrogens (tertiary/aromatic N) is 1. The van der Waals surface area contributed by atoms with Gasteiger partial charge in [0.25, 0.3) is 5.91 Å². The highest BCUT2D eigenvalue weighted by Crippen LogP contribution is 2.20. The third kappa shape index (κ3) is 4.55. The molecule has 1 heterocycles. The molecule has 0 radical (unpaired) electrons. The van der Waals surface area contributed by atoms with E-state index in [9.17, 15) is 4.79 Å². The number of methoxy groups -OCH3 is 1. The molecule has 0 aliphatic rings. The predicted molar refractivity (Wildman–Crippen MR) is 96.5 cm³/mol. The van der Waals surface area contributed by atoms with E-state index < -0.39 is 0 Å². The number of hydrogen-bond acceptors (Lipinski definition) is 5. The van der Waals surface area contributed by atoms with E-state index in [0.29, 0.717) is 29.0 Å². The van der Waals surface area contributed by atoms with Crippen molar-refractivity contribution in [3.8, 4) is 11.5 Å². The van der Waals surface area contributed by atoms with Crippen molar-refractivity contribution in [2.75, 3.05) is 7.11 Å². The van der Waals surface area contributed by atoms with E-state index in [1.165, 1.54) is 6.26 Å². The Morgan fingerprint density at radius 3 is 2.81 bits per heavy atom. The predicted octanol–water partition coefficient (Wildman–Crippen LogP) is 3.85. The molecule has 1 amide bonds. The van der Waals surface area contributed by atoms with Gasteiger partial charge in [0, 0.05) is 17.6 Å². The van der Waals surface area contributed by atoms with Crippen molar-refractivity contribution in [3.05, 3.63) is 77.0 Å². The van der Waals surface area contributed by atoms with Crippen LogP contribution in [0.5, 0.6) is 11.5 Å². The lowest BCUT2D eigenvalue weighted by Crippen LogP contribution is -2.23. The van der Waals surface area contributed by atoms with Crippen LogP contribution < -0.4 is 14.8 Å². The maximum Gasteiger partial charge on any atom is 0.273 e. The van der Waals surface area contributed by atoms with E-state index in [1.54, 1.807) is 25.3 Å². The minimum Gasteiger partial charge on any atom is -0.497 e. The minimum absolute atomic E-state index is 0.102. The summed E-state index contributed by atoms with van der Waals surface area (Å²) in [6.45, 7) is 0.409. The SMILES string of the molecule is COc1cccc(OCc2nc(C(=O)NCc3ccccc3Cl)co2)c1. The maximum atomic E-state index is 12.2. The molecule has 3 rings (SSSR count). The lowest BCUT2D eigenvalue weighted by molar-refractivity contribution is 0.0946. The van der Waals surface area contributed by atoms with Crippen LogP contribution >= 0.6 is 11.6 Å². The Labute approximate surface area is 155 Å². The van der Waals surface area contributed by atoms with Gasteiger partial charge in [-0.25, -0.2) is 4.98 Å². The highest BCUT2D eigenvalue weighted by Gasteiger charge is 2.13. The molecule has 0 fully saturated rings. The molecule has 0 aliphatic carbocycles. The summed E-state index contributed by atoms with van der Waals surface area (Å²) < 4.78 is 16.0. The van der Waals surface area contributed by atoms with Gasteiger partial charge in [0.15, 0.2) is 12.3 Å². The van der Waals surface area contributed by atoms with Crippen LogP contribution in [-0.2, 0) is 13.2 Å². The number of halogens is 1. The first-order chi connectivity index (χ1) is 12.7. The Balaban J connectivity index is 1.55. The summed E-state index contributed by atoms with van der Waals surface area (Å²) >= 11 is 6.07. The molecular formula is C19H17ClN2O4. The molecular weight excluding hydrogens is 356 g/mol. The van der Waals surface area contributed by atoms with Gasteiger partial charge in [-0.15, -0.1) is 0 Å². The van der Waals surface area contributed by atoms with Gasteiger partial charge in [0.1, 0.15) is 17.8 Å². The number of benzene rings is 2. The second-order valence-corrected chi connectivity index (χ2v) is 5.78. The molecule has 7 heteroatoms. The first-order valence-corrected chi connectivity index (χ1v) is 8.26. The van der Waals surface area contributed by atoms with Crippen molar-refractivity contribution in [1.29, 1.82) is 0 Å². The van der Waals surface area contributed by atoms with Crippen LogP contribution in [0.25, 0.3) is 0 Å². The van der Waals surface area contributed by atoms with Gasteiger partial charge < -0.3 is 19.2 Å². The fourth-order valence-corrected chi connectivity index (χ4v) is 2.43. The first-order valence-electron chi connectivity index (χ1n) is 7.88. The summed E-state index contributed by atoms with van der Waals surface area (Å²) in [6.07, 6.45) is 1.30. The van der Waals surface area contributed by atoms with Crippen LogP contribution in [0.3, 0.4) is 0 Å². The molecule has 26 heavy (non-hydrogen) atoms. The molecule has 3 aromatic rings. The molecule has 1 aromatic heterocycles. The third-order valence-corrected chi connectivity index (χ3v) is 3.95. The lowest BCUT2D eigenvalue weighted by atomic mass is 10.2. The summed E-state index contributed by atoms with van der Waals surface area (Å²) in [4.78, 5) is 16.3. The zero-order chi connectivity index (χ0) is 18.4. The van der Waals surface area contributed by atoms with Crippen LogP contribution in [0.15, 0.2) is 59.2 Å². The molecule has 6 nitrogen and oxygen atoms in total. The quantitative estimate of drug-likeness (QED) is 0.682. The number of amides is 1. The number of carbonyl (C=O) groups excluding carboxylic acids is 1. The second-order valence-electron chi connectivity index (χ2n) is 5.37. The number of aromatic nitrogens is 1. The van der Waals surface area contributed by atoms with Gasteiger partial charge in [-0.1, -0.05) is 35.9 Å². The Hall–Kier alpha value is -2.99. The van der Waals surface area contributed by atoms with Gasteiger partial charge in [-0.3, -0.25) is 4.79 Å². The molecule has 0 saturated carbocycles. The second kappa shape index (κ2) is 8.40. The fourth-order valence-electron chi connectivity index (χ4n) is 2.23. The van der Waals surface area contributed by atoms with E-state index in [2.05, 4.69) is 10.3 Å². The number of oxazole rings is 1. The fraction of sp³-hybridized carbons (Fsp3) is 0.158. The summed E-state index contributed by atoms with van der Waals surface area (Å²) in [5.41, 5.74) is 1.01. The average Bonchev–Trinajstić information content (AvgIpc) is 3.15.